The number of halogens is 2. The molecule has 1 aromatic heterocycles. The molecule has 3 heterocycles. The summed E-state index contributed by atoms with van der Waals surface area (Å²) in [4.78, 5) is 18.9. The molecular weight excluding hydrogens is 401 g/mol. The van der Waals surface area contributed by atoms with Crippen LogP contribution >= 0.6 is 11.6 Å². The van der Waals surface area contributed by atoms with E-state index < -0.39 is 0 Å². The van der Waals surface area contributed by atoms with Gasteiger partial charge in [0.1, 0.15) is 11.6 Å². The fourth-order valence-electron chi connectivity index (χ4n) is 3.79. The molecule has 0 atom stereocenters. The Hall–Kier alpha value is -2.92. The average molecular weight is 424 g/mol. The van der Waals surface area contributed by atoms with Crippen molar-refractivity contribution in [2.24, 2.45) is 0 Å². The lowest BCUT2D eigenvalue weighted by atomic mass is 10.0. The second-order valence-electron chi connectivity index (χ2n) is 7.61. The monoisotopic (exact) mass is 423 g/mol. The highest BCUT2D eigenvalue weighted by molar-refractivity contribution is 6.30. The van der Waals surface area contributed by atoms with Crippen LogP contribution in [-0.2, 0) is 11.2 Å². The SMILES string of the molecule is C=C1CCc2cc(/C=C/C(=O)N3CC=C(c4cc(F)cc(Cl)c4)CCC3)cnc2N1. The van der Waals surface area contributed by atoms with Gasteiger partial charge >= 0.3 is 0 Å². The number of rotatable bonds is 3. The number of fused-ring (bicyclic) bond motifs is 1. The zero-order valence-electron chi connectivity index (χ0n) is 16.6. The van der Waals surface area contributed by atoms with Gasteiger partial charge in [-0.3, -0.25) is 4.79 Å². The predicted octanol–water partition coefficient (Wildman–Crippen LogP) is 5.47. The van der Waals surface area contributed by atoms with Crippen molar-refractivity contribution in [2.75, 3.05) is 18.4 Å². The number of benzene rings is 1. The third-order valence-electron chi connectivity index (χ3n) is 5.37. The minimum Gasteiger partial charge on any atom is -0.344 e. The minimum atomic E-state index is -0.350. The molecule has 30 heavy (non-hydrogen) atoms. The molecular formula is C24H23ClFN3O. The maximum absolute atomic E-state index is 13.7. The van der Waals surface area contributed by atoms with Crippen LogP contribution in [0.1, 0.15) is 36.0 Å². The Labute approximate surface area is 180 Å². The summed E-state index contributed by atoms with van der Waals surface area (Å²) in [5.74, 6) is 0.447. The molecule has 0 saturated carbocycles. The first-order chi connectivity index (χ1) is 14.5. The van der Waals surface area contributed by atoms with Crippen molar-refractivity contribution in [3.05, 3.63) is 82.4 Å². The van der Waals surface area contributed by atoms with Gasteiger partial charge in [-0.05, 0) is 78.3 Å². The van der Waals surface area contributed by atoms with E-state index in [-0.39, 0.29) is 11.7 Å². The quantitative estimate of drug-likeness (QED) is 0.666. The number of allylic oxidation sites excluding steroid dienone is 2. The Morgan fingerprint density at radius 1 is 1.23 bits per heavy atom. The van der Waals surface area contributed by atoms with Crippen molar-refractivity contribution in [1.29, 1.82) is 0 Å². The Morgan fingerprint density at radius 3 is 2.93 bits per heavy atom. The summed E-state index contributed by atoms with van der Waals surface area (Å²) in [6.07, 6.45) is 10.5. The molecule has 0 spiro atoms. The second-order valence-corrected chi connectivity index (χ2v) is 8.05. The second kappa shape index (κ2) is 8.84. The van der Waals surface area contributed by atoms with Gasteiger partial charge in [-0.2, -0.15) is 0 Å². The van der Waals surface area contributed by atoms with Crippen molar-refractivity contribution in [3.63, 3.8) is 0 Å². The molecule has 1 aromatic carbocycles. The fourth-order valence-corrected chi connectivity index (χ4v) is 4.01. The van der Waals surface area contributed by atoms with Crippen LogP contribution in [-0.4, -0.2) is 28.9 Å². The largest absolute Gasteiger partial charge is 0.344 e. The van der Waals surface area contributed by atoms with Crippen LogP contribution < -0.4 is 5.32 Å². The van der Waals surface area contributed by atoms with E-state index in [0.717, 1.165) is 59.5 Å². The lowest BCUT2D eigenvalue weighted by Gasteiger charge is -2.19. The number of nitrogens with one attached hydrogen (secondary N) is 1. The highest BCUT2D eigenvalue weighted by Crippen LogP contribution is 2.27. The number of hydrogen-bond acceptors (Lipinski definition) is 3. The first-order valence-corrected chi connectivity index (χ1v) is 10.4. The number of pyridine rings is 1. The van der Waals surface area contributed by atoms with Gasteiger partial charge in [0.05, 0.1) is 0 Å². The summed E-state index contributed by atoms with van der Waals surface area (Å²) in [7, 11) is 0. The summed E-state index contributed by atoms with van der Waals surface area (Å²) in [6, 6.07) is 6.61. The first kappa shape index (κ1) is 20.4. The molecule has 0 saturated heterocycles. The van der Waals surface area contributed by atoms with Gasteiger partial charge in [-0.1, -0.05) is 24.3 Å². The topological polar surface area (TPSA) is 45.2 Å². The minimum absolute atomic E-state index is 0.0472. The van der Waals surface area contributed by atoms with Crippen molar-refractivity contribution >= 4 is 35.0 Å². The number of carbonyl (C=O) groups excluding carboxylic acids is 1. The zero-order valence-corrected chi connectivity index (χ0v) is 17.4. The molecule has 0 fully saturated rings. The zero-order chi connectivity index (χ0) is 21.1. The fraction of sp³-hybridized carbons (Fsp3) is 0.250. The van der Waals surface area contributed by atoms with E-state index in [1.165, 1.54) is 12.1 Å². The lowest BCUT2D eigenvalue weighted by molar-refractivity contribution is -0.125. The van der Waals surface area contributed by atoms with Gasteiger partial charge in [0, 0.05) is 36.1 Å². The van der Waals surface area contributed by atoms with Crippen LogP contribution in [0.2, 0.25) is 5.02 Å². The number of amides is 1. The van der Waals surface area contributed by atoms with Crippen molar-refractivity contribution < 1.29 is 9.18 Å². The van der Waals surface area contributed by atoms with Gasteiger partial charge in [-0.25, -0.2) is 9.37 Å². The highest BCUT2D eigenvalue weighted by atomic mass is 35.5. The van der Waals surface area contributed by atoms with Crippen LogP contribution in [0, 0.1) is 5.82 Å². The third kappa shape index (κ3) is 4.79. The molecule has 1 amide bonds. The van der Waals surface area contributed by atoms with Gasteiger partial charge in [-0.15, -0.1) is 0 Å². The van der Waals surface area contributed by atoms with Crippen molar-refractivity contribution in [3.8, 4) is 0 Å². The van der Waals surface area contributed by atoms with E-state index in [4.69, 9.17) is 11.6 Å². The Balaban J connectivity index is 1.44. The number of aromatic nitrogens is 1. The van der Waals surface area contributed by atoms with Crippen LogP contribution in [0.25, 0.3) is 11.6 Å². The third-order valence-corrected chi connectivity index (χ3v) is 5.59. The van der Waals surface area contributed by atoms with Gasteiger partial charge in [0.25, 0.3) is 0 Å². The van der Waals surface area contributed by atoms with Gasteiger partial charge < -0.3 is 10.2 Å². The van der Waals surface area contributed by atoms with Crippen LogP contribution in [0.15, 0.2) is 54.9 Å². The normalized spacial score (nSPS) is 16.7. The Morgan fingerprint density at radius 2 is 2.10 bits per heavy atom. The van der Waals surface area contributed by atoms with Crippen molar-refractivity contribution in [1.82, 2.24) is 9.88 Å². The molecule has 6 heteroatoms. The number of aryl methyl sites for hydroxylation is 1. The van der Waals surface area contributed by atoms with Crippen LogP contribution in [0.5, 0.6) is 0 Å². The van der Waals surface area contributed by atoms with E-state index in [0.29, 0.717) is 18.1 Å². The summed E-state index contributed by atoms with van der Waals surface area (Å²) >= 11 is 5.99. The number of nitrogens with zero attached hydrogens (tertiary/aromatic N) is 2. The maximum atomic E-state index is 13.7. The molecule has 0 radical (unpaired) electrons. The average Bonchev–Trinajstić information content (AvgIpc) is 2.97. The lowest BCUT2D eigenvalue weighted by Crippen LogP contribution is -2.29. The smallest absolute Gasteiger partial charge is 0.246 e. The van der Waals surface area contributed by atoms with E-state index in [2.05, 4.69) is 22.9 Å². The van der Waals surface area contributed by atoms with E-state index in [9.17, 15) is 9.18 Å². The predicted molar refractivity (Wildman–Crippen MR) is 120 cm³/mol. The first-order valence-electron chi connectivity index (χ1n) is 10.0. The molecule has 0 bridgehead atoms. The maximum Gasteiger partial charge on any atom is 0.246 e. The molecule has 2 aliphatic rings. The van der Waals surface area contributed by atoms with Gasteiger partial charge in [0.2, 0.25) is 5.91 Å². The van der Waals surface area contributed by atoms with Crippen LogP contribution in [0.4, 0.5) is 10.2 Å². The standard InChI is InChI=1S/C24H23ClFN3O/c1-16-4-6-19-11-17(15-27-24(19)28-16)5-7-23(30)29-9-2-3-18(8-10-29)20-12-21(25)14-22(26)13-20/h5,7-8,11-15H,1-4,6,9-10H2,(H,27,28)/b7-5+. The summed E-state index contributed by atoms with van der Waals surface area (Å²) in [5.41, 5.74) is 4.80. The summed E-state index contributed by atoms with van der Waals surface area (Å²) < 4.78 is 13.7. The molecule has 1 N–H and O–H groups in total. The van der Waals surface area contributed by atoms with E-state index in [1.807, 2.05) is 6.08 Å². The molecule has 4 rings (SSSR count). The van der Waals surface area contributed by atoms with Crippen LogP contribution in [0.3, 0.4) is 0 Å². The molecule has 4 nitrogen and oxygen atoms in total. The number of carbonyl (C=O) groups is 1. The van der Waals surface area contributed by atoms with E-state index >= 15 is 0 Å². The Bertz CT molecular complexity index is 1040. The Kier molecular flexibility index (Phi) is 6.00. The van der Waals surface area contributed by atoms with Gasteiger partial charge in [0.15, 0.2) is 0 Å². The van der Waals surface area contributed by atoms with Crippen molar-refractivity contribution in [2.45, 2.75) is 25.7 Å². The molecule has 154 valence electrons. The molecule has 0 unspecified atom stereocenters. The number of anilines is 1. The molecule has 2 aromatic rings. The molecule has 2 aliphatic heterocycles. The summed E-state index contributed by atoms with van der Waals surface area (Å²) in [6.45, 7) is 5.08. The number of hydrogen-bond donors (Lipinski definition) is 1. The summed E-state index contributed by atoms with van der Waals surface area (Å²) in [5, 5.41) is 3.57. The molecule has 0 aliphatic carbocycles. The van der Waals surface area contributed by atoms with E-state index in [1.54, 1.807) is 29.3 Å². The highest BCUT2D eigenvalue weighted by Gasteiger charge is 2.16.